The van der Waals surface area contributed by atoms with E-state index < -0.39 is 15.9 Å². The molecular formula is C16H18N2O3S2. The second kappa shape index (κ2) is 7.54. The zero-order valence-corrected chi connectivity index (χ0v) is 14.5. The average Bonchev–Trinajstić information content (AvgIpc) is 2.93. The smallest absolute Gasteiger partial charge is 0.273 e. The fraction of sp³-hybridized carbons (Fsp3) is 0.188. The summed E-state index contributed by atoms with van der Waals surface area (Å²) in [5, 5.41) is 1.01. The number of carbonyl (C=O) groups is 1. The summed E-state index contributed by atoms with van der Waals surface area (Å²) in [4.78, 5) is 15.7. The van der Waals surface area contributed by atoms with E-state index >= 15 is 0 Å². The third-order valence-corrected chi connectivity index (χ3v) is 5.37. The maximum Gasteiger partial charge on any atom is 0.276 e. The standard InChI is InChI=1S/C16H18N2O3S2/c1-3-14-12(2)11-15(22-14)16(19)17-18-23(20,21)10-9-13-7-5-4-6-8-13/h4-11,18H,3H2,1-2H3,(H,17,19)/b10-9+. The molecule has 7 heteroatoms. The normalized spacial score (nSPS) is 11.7. The second-order valence-electron chi connectivity index (χ2n) is 4.89. The highest BCUT2D eigenvalue weighted by molar-refractivity contribution is 7.92. The lowest BCUT2D eigenvalue weighted by atomic mass is 10.2. The molecule has 1 heterocycles. The molecule has 5 nitrogen and oxygen atoms in total. The van der Waals surface area contributed by atoms with Crippen LogP contribution in [0.4, 0.5) is 0 Å². The van der Waals surface area contributed by atoms with Gasteiger partial charge >= 0.3 is 0 Å². The summed E-state index contributed by atoms with van der Waals surface area (Å²) in [6.45, 7) is 3.94. The Balaban J connectivity index is 1.98. The van der Waals surface area contributed by atoms with Crippen LogP contribution in [0.25, 0.3) is 6.08 Å². The number of aryl methyl sites for hydroxylation is 2. The fourth-order valence-electron chi connectivity index (χ4n) is 1.93. The van der Waals surface area contributed by atoms with E-state index in [0.717, 1.165) is 27.8 Å². The number of rotatable bonds is 6. The van der Waals surface area contributed by atoms with Crippen molar-refractivity contribution in [2.24, 2.45) is 0 Å². The van der Waals surface area contributed by atoms with Gasteiger partial charge in [0.2, 0.25) is 0 Å². The first-order chi connectivity index (χ1) is 10.9. The van der Waals surface area contributed by atoms with Gasteiger partial charge < -0.3 is 0 Å². The van der Waals surface area contributed by atoms with Crippen LogP contribution >= 0.6 is 11.3 Å². The molecule has 1 aromatic carbocycles. The molecule has 0 saturated carbocycles. The highest BCUT2D eigenvalue weighted by atomic mass is 32.2. The first-order valence-corrected chi connectivity index (χ1v) is 9.42. The summed E-state index contributed by atoms with van der Waals surface area (Å²) in [6.07, 6.45) is 2.30. The van der Waals surface area contributed by atoms with Crippen molar-refractivity contribution in [2.45, 2.75) is 20.3 Å². The lowest BCUT2D eigenvalue weighted by Crippen LogP contribution is -2.40. The van der Waals surface area contributed by atoms with Gasteiger partial charge in [-0.25, -0.2) is 8.42 Å². The van der Waals surface area contributed by atoms with E-state index in [1.807, 2.05) is 32.0 Å². The van der Waals surface area contributed by atoms with Crippen molar-refractivity contribution in [3.8, 4) is 0 Å². The number of hydrogen-bond acceptors (Lipinski definition) is 4. The second-order valence-corrected chi connectivity index (χ2v) is 7.59. The van der Waals surface area contributed by atoms with Crippen LogP contribution < -0.4 is 10.3 Å². The van der Waals surface area contributed by atoms with Gasteiger partial charge in [0.15, 0.2) is 0 Å². The first-order valence-electron chi connectivity index (χ1n) is 7.06. The summed E-state index contributed by atoms with van der Waals surface area (Å²) < 4.78 is 23.7. The Morgan fingerprint density at radius 2 is 1.96 bits per heavy atom. The van der Waals surface area contributed by atoms with Crippen LogP contribution in [0.5, 0.6) is 0 Å². The molecular weight excluding hydrogens is 332 g/mol. The lowest BCUT2D eigenvalue weighted by Gasteiger charge is -2.03. The molecule has 0 radical (unpaired) electrons. The first kappa shape index (κ1) is 17.4. The van der Waals surface area contributed by atoms with E-state index in [2.05, 4.69) is 10.3 Å². The van der Waals surface area contributed by atoms with Gasteiger partial charge in [0.1, 0.15) is 0 Å². The third kappa shape index (κ3) is 5.02. The van der Waals surface area contributed by atoms with Crippen molar-refractivity contribution in [1.82, 2.24) is 10.3 Å². The van der Waals surface area contributed by atoms with Gasteiger partial charge in [0, 0.05) is 10.3 Å². The van der Waals surface area contributed by atoms with Gasteiger partial charge in [-0.2, -0.15) is 0 Å². The maximum absolute atomic E-state index is 12.0. The van der Waals surface area contributed by atoms with Crippen LogP contribution in [0.1, 0.15) is 32.6 Å². The van der Waals surface area contributed by atoms with Crippen molar-refractivity contribution in [2.75, 3.05) is 0 Å². The molecule has 0 aliphatic heterocycles. The van der Waals surface area contributed by atoms with Crippen LogP contribution in [-0.4, -0.2) is 14.3 Å². The number of thiophene rings is 1. The molecule has 0 saturated heterocycles. The van der Waals surface area contributed by atoms with Crippen molar-refractivity contribution >= 4 is 33.3 Å². The molecule has 23 heavy (non-hydrogen) atoms. The van der Waals surface area contributed by atoms with Gasteiger partial charge in [-0.15, -0.1) is 16.2 Å². The molecule has 0 atom stereocenters. The SMILES string of the molecule is CCc1sc(C(=O)NNS(=O)(=O)/C=C/c2ccccc2)cc1C. The molecule has 0 unspecified atom stereocenters. The van der Waals surface area contributed by atoms with Gasteiger partial charge in [-0.3, -0.25) is 10.2 Å². The van der Waals surface area contributed by atoms with Crippen LogP contribution in [0.15, 0.2) is 41.8 Å². The van der Waals surface area contributed by atoms with Crippen LogP contribution in [0.2, 0.25) is 0 Å². The quantitative estimate of drug-likeness (QED) is 0.787. The molecule has 1 amide bonds. The van der Waals surface area contributed by atoms with Gasteiger partial charge in [-0.05, 0) is 36.6 Å². The van der Waals surface area contributed by atoms with Crippen molar-refractivity contribution in [3.05, 3.63) is 62.7 Å². The minimum absolute atomic E-state index is 0.463. The summed E-state index contributed by atoms with van der Waals surface area (Å²) in [5.74, 6) is -0.463. The zero-order valence-electron chi connectivity index (χ0n) is 12.9. The monoisotopic (exact) mass is 350 g/mol. The molecule has 0 aliphatic carbocycles. The summed E-state index contributed by atoms with van der Waals surface area (Å²) in [7, 11) is -3.75. The molecule has 2 rings (SSSR count). The molecule has 2 aromatic rings. The number of hydrogen-bond donors (Lipinski definition) is 2. The number of sulfonamides is 1. The molecule has 0 fully saturated rings. The van der Waals surface area contributed by atoms with E-state index in [4.69, 9.17) is 0 Å². The number of carbonyl (C=O) groups excluding carboxylic acids is 1. The predicted octanol–water partition coefficient (Wildman–Crippen LogP) is 2.85. The van der Waals surface area contributed by atoms with Gasteiger partial charge in [0.25, 0.3) is 15.9 Å². The highest BCUT2D eigenvalue weighted by Crippen LogP contribution is 2.22. The number of benzene rings is 1. The number of nitrogens with one attached hydrogen (secondary N) is 2. The zero-order chi connectivity index (χ0) is 16.9. The maximum atomic E-state index is 12.0. The molecule has 1 aromatic heterocycles. The third-order valence-electron chi connectivity index (χ3n) is 3.11. The topological polar surface area (TPSA) is 75.3 Å². The van der Waals surface area contributed by atoms with Crippen LogP contribution in [-0.2, 0) is 16.4 Å². The Labute approximate surface area is 140 Å². The predicted molar refractivity (Wildman–Crippen MR) is 93.4 cm³/mol. The molecule has 2 N–H and O–H groups in total. The minimum atomic E-state index is -3.75. The van der Waals surface area contributed by atoms with Crippen molar-refractivity contribution in [1.29, 1.82) is 0 Å². The molecule has 122 valence electrons. The van der Waals surface area contributed by atoms with E-state index in [9.17, 15) is 13.2 Å². The van der Waals surface area contributed by atoms with Crippen molar-refractivity contribution in [3.63, 3.8) is 0 Å². The van der Waals surface area contributed by atoms with Gasteiger partial charge in [0.05, 0.1) is 4.88 Å². The van der Waals surface area contributed by atoms with E-state index in [0.29, 0.717) is 4.88 Å². The average molecular weight is 350 g/mol. The van der Waals surface area contributed by atoms with E-state index in [1.165, 1.54) is 17.4 Å². The number of hydrazine groups is 1. The Morgan fingerprint density at radius 1 is 1.26 bits per heavy atom. The van der Waals surface area contributed by atoms with E-state index in [1.54, 1.807) is 18.2 Å². The van der Waals surface area contributed by atoms with Crippen LogP contribution in [0, 0.1) is 6.92 Å². The Morgan fingerprint density at radius 3 is 2.57 bits per heavy atom. The fourth-order valence-corrected chi connectivity index (χ4v) is 3.58. The van der Waals surface area contributed by atoms with Crippen molar-refractivity contribution < 1.29 is 13.2 Å². The lowest BCUT2D eigenvalue weighted by molar-refractivity contribution is 0.0949. The molecule has 0 aliphatic rings. The van der Waals surface area contributed by atoms with Crippen LogP contribution in [0.3, 0.4) is 0 Å². The Bertz CT molecular complexity index is 809. The Hall–Kier alpha value is -1.96. The number of amides is 1. The largest absolute Gasteiger partial charge is 0.276 e. The molecule has 0 spiro atoms. The summed E-state index contributed by atoms with van der Waals surface area (Å²) in [5.41, 5.74) is 4.01. The molecule has 0 bridgehead atoms. The van der Waals surface area contributed by atoms with E-state index in [-0.39, 0.29) is 0 Å². The summed E-state index contributed by atoms with van der Waals surface area (Å²) in [6, 6.07) is 10.8. The Kier molecular flexibility index (Phi) is 5.70. The highest BCUT2D eigenvalue weighted by Gasteiger charge is 2.13. The minimum Gasteiger partial charge on any atom is -0.273 e. The summed E-state index contributed by atoms with van der Waals surface area (Å²) >= 11 is 1.36. The van der Waals surface area contributed by atoms with Gasteiger partial charge in [-0.1, -0.05) is 37.3 Å².